The van der Waals surface area contributed by atoms with E-state index in [1.807, 2.05) is 17.0 Å². The molecule has 0 aromatic heterocycles. The zero-order valence-electron chi connectivity index (χ0n) is 19.6. The molecule has 2 unspecified atom stereocenters. The highest BCUT2D eigenvalue weighted by molar-refractivity contribution is 6.30. The third-order valence-electron chi connectivity index (χ3n) is 7.58. The fourth-order valence-electron chi connectivity index (χ4n) is 5.21. The lowest BCUT2D eigenvalue weighted by atomic mass is 9.83. The summed E-state index contributed by atoms with van der Waals surface area (Å²) in [7, 11) is 0. The largest absolute Gasteiger partial charge is 0.395 e. The minimum atomic E-state index is -0.854. The molecule has 1 aromatic carbocycles. The van der Waals surface area contributed by atoms with Gasteiger partial charge in [0, 0.05) is 24.2 Å². The summed E-state index contributed by atoms with van der Waals surface area (Å²) in [6, 6.07) is 6.79. The molecule has 2 atom stereocenters. The van der Waals surface area contributed by atoms with E-state index in [9.17, 15) is 14.7 Å². The van der Waals surface area contributed by atoms with Crippen LogP contribution in [0.2, 0.25) is 5.02 Å². The van der Waals surface area contributed by atoms with Crippen LogP contribution in [0.15, 0.2) is 24.3 Å². The molecule has 3 aliphatic rings. The van der Waals surface area contributed by atoms with Gasteiger partial charge in [0.15, 0.2) is 0 Å². The standard InChI is InChI=1S/C25H36ClN3O4/c1-24(2,15-30)23(32)29(19-7-10-25(11-8-19)16-33-25)20-9-12-28(14-20)22(31)21(27)13-17-3-5-18(26)6-4-17/h3-6,19-21,30H,7-16,27H2,1-2H3. The van der Waals surface area contributed by atoms with Crippen molar-refractivity contribution in [1.29, 1.82) is 0 Å². The molecule has 1 aliphatic carbocycles. The molecular weight excluding hydrogens is 442 g/mol. The monoisotopic (exact) mass is 477 g/mol. The predicted octanol–water partition coefficient (Wildman–Crippen LogP) is 2.37. The highest BCUT2D eigenvalue weighted by Crippen LogP contribution is 2.44. The second-order valence-electron chi connectivity index (χ2n) is 10.6. The van der Waals surface area contributed by atoms with Crippen molar-refractivity contribution < 1.29 is 19.4 Å². The number of benzene rings is 1. The smallest absolute Gasteiger partial charge is 0.239 e. The summed E-state index contributed by atoms with van der Waals surface area (Å²) in [4.78, 5) is 30.4. The number of epoxide rings is 1. The molecule has 1 spiro atoms. The third-order valence-corrected chi connectivity index (χ3v) is 7.83. The summed E-state index contributed by atoms with van der Waals surface area (Å²) in [5.41, 5.74) is 6.43. The molecule has 1 saturated carbocycles. The lowest BCUT2D eigenvalue weighted by Crippen LogP contribution is -2.55. The maximum Gasteiger partial charge on any atom is 0.239 e. The molecule has 1 aromatic rings. The number of hydrogen-bond acceptors (Lipinski definition) is 5. The molecule has 8 heteroatoms. The van der Waals surface area contributed by atoms with Crippen molar-refractivity contribution in [3.8, 4) is 0 Å². The summed E-state index contributed by atoms with van der Waals surface area (Å²) in [6.07, 6.45) is 4.89. The highest BCUT2D eigenvalue weighted by atomic mass is 35.5. The number of halogens is 1. The molecule has 0 radical (unpaired) electrons. The van der Waals surface area contributed by atoms with E-state index in [0.29, 0.717) is 24.5 Å². The Labute approximate surface area is 201 Å². The zero-order valence-corrected chi connectivity index (χ0v) is 20.4. The van der Waals surface area contributed by atoms with E-state index in [-0.39, 0.29) is 36.1 Å². The van der Waals surface area contributed by atoms with Crippen molar-refractivity contribution in [3.63, 3.8) is 0 Å². The second kappa shape index (κ2) is 9.53. The Morgan fingerprint density at radius 3 is 2.45 bits per heavy atom. The molecule has 2 saturated heterocycles. The zero-order chi connectivity index (χ0) is 23.8. The Morgan fingerprint density at radius 1 is 1.24 bits per heavy atom. The summed E-state index contributed by atoms with van der Waals surface area (Å²) >= 11 is 5.95. The number of hydrogen-bond donors (Lipinski definition) is 2. The van der Waals surface area contributed by atoms with E-state index in [4.69, 9.17) is 22.1 Å². The van der Waals surface area contributed by atoms with Gasteiger partial charge in [0.05, 0.1) is 36.3 Å². The molecule has 4 rings (SSSR count). The SMILES string of the molecule is CC(C)(CO)C(=O)N(C1CCC2(CC1)CO2)C1CCN(C(=O)C(N)Cc2ccc(Cl)cc2)C1. The van der Waals surface area contributed by atoms with E-state index in [2.05, 4.69) is 0 Å². The molecule has 2 amide bonds. The third kappa shape index (κ3) is 5.37. The van der Waals surface area contributed by atoms with Gasteiger partial charge in [-0.2, -0.15) is 0 Å². The van der Waals surface area contributed by atoms with E-state index >= 15 is 0 Å². The molecule has 2 aliphatic heterocycles. The van der Waals surface area contributed by atoms with Crippen molar-refractivity contribution in [1.82, 2.24) is 9.80 Å². The topological polar surface area (TPSA) is 99.4 Å². The number of aliphatic hydroxyl groups is 1. The van der Waals surface area contributed by atoms with E-state index < -0.39 is 11.5 Å². The van der Waals surface area contributed by atoms with Gasteiger partial charge in [-0.05, 0) is 70.1 Å². The van der Waals surface area contributed by atoms with Crippen LogP contribution in [0.1, 0.15) is 51.5 Å². The lowest BCUT2D eigenvalue weighted by Gasteiger charge is -2.43. The van der Waals surface area contributed by atoms with E-state index in [1.54, 1.807) is 30.9 Å². The number of rotatable bonds is 7. The number of ether oxygens (including phenoxy) is 1. The van der Waals surface area contributed by atoms with Gasteiger partial charge in [-0.3, -0.25) is 9.59 Å². The van der Waals surface area contributed by atoms with E-state index in [1.165, 1.54) is 0 Å². The second-order valence-corrected chi connectivity index (χ2v) is 11.1. The van der Waals surface area contributed by atoms with Crippen LogP contribution in [-0.2, 0) is 20.7 Å². The average Bonchev–Trinajstić information content (AvgIpc) is 3.38. The molecule has 33 heavy (non-hydrogen) atoms. The van der Waals surface area contributed by atoms with Crippen LogP contribution in [0.3, 0.4) is 0 Å². The molecule has 182 valence electrons. The normalized spacial score (nSPS) is 28.1. The Bertz CT molecular complexity index is 861. The molecule has 3 N–H and O–H groups in total. The van der Waals surface area contributed by atoms with Gasteiger partial charge in [0.1, 0.15) is 0 Å². The number of carbonyl (C=O) groups excluding carboxylic acids is 2. The minimum Gasteiger partial charge on any atom is -0.395 e. The fourth-order valence-corrected chi connectivity index (χ4v) is 5.34. The Kier molecular flexibility index (Phi) is 7.06. The van der Waals surface area contributed by atoms with E-state index in [0.717, 1.165) is 44.3 Å². The Balaban J connectivity index is 1.43. The van der Waals surface area contributed by atoms with Gasteiger partial charge in [-0.25, -0.2) is 0 Å². The molecule has 7 nitrogen and oxygen atoms in total. The highest BCUT2D eigenvalue weighted by Gasteiger charge is 2.50. The van der Waals surface area contributed by atoms with Gasteiger partial charge in [0.2, 0.25) is 11.8 Å². The number of nitrogens with zero attached hydrogens (tertiary/aromatic N) is 2. The number of carbonyl (C=O) groups is 2. The van der Waals surface area contributed by atoms with Gasteiger partial charge in [0.25, 0.3) is 0 Å². The number of amides is 2. The fraction of sp³-hybridized carbons (Fsp3) is 0.680. The first kappa shape index (κ1) is 24.5. The van der Waals surface area contributed by atoms with Crippen molar-refractivity contribution in [2.75, 3.05) is 26.3 Å². The lowest BCUT2D eigenvalue weighted by molar-refractivity contribution is -0.149. The first-order valence-electron chi connectivity index (χ1n) is 12.0. The van der Waals surface area contributed by atoms with Crippen LogP contribution in [0, 0.1) is 5.41 Å². The van der Waals surface area contributed by atoms with Gasteiger partial charge in [-0.1, -0.05) is 23.7 Å². The minimum absolute atomic E-state index is 0.0348. The maximum atomic E-state index is 13.5. The average molecular weight is 478 g/mol. The van der Waals surface area contributed by atoms with Gasteiger partial charge < -0.3 is 25.4 Å². The van der Waals surface area contributed by atoms with Gasteiger partial charge >= 0.3 is 0 Å². The van der Waals surface area contributed by atoms with Crippen LogP contribution < -0.4 is 5.73 Å². The van der Waals surface area contributed by atoms with Gasteiger partial charge in [-0.15, -0.1) is 0 Å². The first-order chi connectivity index (χ1) is 15.6. The van der Waals surface area contributed by atoms with Crippen LogP contribution in [0.4, 0.5) is 0 Å². The van der Waals surface area contributed by atoms with Crippen LogP contribution in [0.5, 0.6) is 0 Å². The maximum absolute atomic E-state index is 13.5. The molecule has 0 bridgehead atoms. The van der Waals surface area contributed by atoms with Crippen molar-refractivity contribution >= 4 is 23.4 Å². The Morgan fingerprint density at radius 2 is 1.88 bits per heavy atom. The molecular formula is C25H36ClN3O4. The van der Waals surface area contributed by atoms with Crippen molar-refractivity contribution in [3.05, 3.63) is 34.9 Å². The summed E-state index contributed by atoms with van der Waals surface area (Å²) in [6.45, 7) is 5.27. The Hall–Kier alpha value is -1.67. The summed E-state index contributed by atoms with van der Waals surface area (Å²) < 4.78 is 5.65. The molecule has 3 fully saturated rings. The predicted molar refractivity (Wildman–Crippen MR) is 127 cm³/mol. The van der Waals surface area contributed by atoms with Crippen molar-refractivity contribution in [2.45, 2.75) is 76.1 Å². The first-order valence-corrected chi connectivity index (χ1v) is 12.4. The number of nitrogens with two attached hydrogens (primary N) is 1. The van der Waals surface area contributed by atoms with Crippen LogP contribution in [-0.4, -0.2) is 76.8 Å². The van der Waals surface area contributed by atoms with Crippen LogP contribution in [0.25, 0.3) is 0 Å². The summed E-state index contributed by atoms with van der Waals surface area (Å²) in [5, 5.41) is 10.5. The van der Waals surface area contributed by atoms with Crippen molar-refractivity contribution in [2.24, 2.45) is 11.1 Å². The summed E-state index contributed by atoms with van der Waals surface area (Å²) in [5.74, 6) is -0.123. The quantitative estimate of drug-likeness (QED) is 0.587. The number of likely N-dealkylation sites (tertiary alicyclic amines) is 1. The molecule has 2 heterocycles. The van der Waals surface area contributed by atoms with Crippen LogP contribution >= 0.6 is 11.6 Å². The number of aliphatic hydroxyl groups excluding tert-OH is 1.